The van der Waals surface area contributed by atoms with Gasteiger partial charge in [-0.15, -0.1) is 0 Å². The average Bonchev–Trinajstić information content (AvgIpc) is 2.51. The zero-order valence-electron chi connectivity index (χ0n) is 11.9. The summed E-state index contributed by atoms with van der Waals surface area (Å²) < 4.78 is 9.01. The van der Waals surface area contributed by atoms with Crippen LogP contribution in [0.1, 0.15) is 0 Å². The third kappa shape index (κ3) is 13.3. The van der Waals surface area contributed by atoms with Crippen LogP contribution in [-0.4, -0.2) is 41.3 Å². The summed E-state index contributed by atoms with van der Waals surface area (Å²) in [4.78, 5) is 31.3. The third-order valence-electron chi connectivity index (χ3n) is 1.62. The van der Waals surface area contributed by atoms with Gasteiger partial charge in [-0.1, -0.05) is 31.9 Å². The van der Waals surface area contributed by atoms with Crippen molar-refractivity contribution in [1.82, 2.24) is 0 Å². The molecule has 0 aliphatic rings. The lowest BCUT2D eigenvalue weighted by Crippen LogP contribution is -2.06. The molecule has 0 bridgehead atoms. The molecule has 7 heteroatoms. The second-order valence-corrected chi connectivity index (χ2v) is 3.27. The van der Waals surface area contributed by atoms with Crippen LogP contribution in [0.4, 0.5) is 0 Å². The minimum atomic E-state index is -1.22. The zero-order chi connectivity index (χ0) is 17.4. The molecule has 0 amide bonds. The first kappa shape index (κ1) is 21.2. The van der Waals surface area contributed by atoms with Crippen LogP contribution in [-0.2, 0) is 23.9 Å². The summed E-state index contributed by atoms with van der Waals surface area (Å²) in [5.74, 6) is -2.45. The fourth-order valence-corrected chi connectivity index (χ4v) is 0.743. The van der Waals surface area contributed by atoms with E-state index in [-0.39, 0.29) is 18.8 Å². The Morgan fingerprint density at radius 2 is 1.50 bits per heavy atom. The number of ether oxygens (including phenoxy) is 2. The van der Waals surface area contributed by atoms with E-state index in [1.165, 1.54) is 12.2 Å². The SMILES string of the molecule is C=CCOC(=O)C(C=CC(=O)O)=CO.C=CCOC(=O)C=C. The summed E-state index contributed by atoms with van der Waals surface area (Å²) >= 11 is 0. The fourth-order valence-electron chi connectivity index (χ4n) is 0.743. The Bertz CT molecular complexity index is 472. The molecule has 0 atom stereocenters. The van der Waals surface area contributed by atoms with Crippen molar-refractivity contribution in [2.24, 2.45) is 0 Å². The van der Waals surface area contributed by atoms with Crippen LogP contribution in [0.5, 0.6) is 0 Å². The predicted octanol–water partition coefficient (Wildman–Crippen LogP) is 1.70. The summed E-state index contributed by atoms with van der Waals surface area (Å²) in [6.45, 7) is 10.1. The second kappa shape index (κ2) is 14.3. The van der Waals surface area contributed by atoms with Crippen LogP contribution in [0.25, 0.3) is 0 Å². The smallest absolute Gasteiger partial charge is 0.341 e. The Balaban J connectivity index is 0. The van der Waals surface area contributed by atoms with Crippen LogP contribution >= 0.6 is 0 Å². The van der Waals surface area contributed by atoms with Crippen LogP contribution in [0, 0.1) is 0 Å². The maximum absolute atomic E-state index is 11.0. The highest BCUT2D eigenvalue weighted by Crippen LogP contribution is 1.99. The van der Waals surface area contributed by atoms with E-state index in [1.807, 2.05) is 0 Å². The zero-order valence-corrected chi connectivity index (χ0v) is 11.9. The Hall–Kier alpha value is -3.09. The number of carbonyl (C=O) groups excluding carboxylic acids is 2. The van der Waals surface area contributed by atoms with Gasteiger partial charge in [-0.25, -0.2) is 14.4 Å². The van der Waals surface area contributed by atoms with Crippen molar-refractivity contribution in [3.63, 3.8) is 0 Å². The van der Waals surface area contributed by atoms with E-state index in [9.17, 15) is 14.4 Å². The second-order valence-electron chi connectivity index (χ2n) is 3.27. The molecule has 22 heavy (non-hydrogen) atoms. The third-order valence-corrected chi connectivity index (χ3v) is 1.62. The molecule has 0 aromatic heterocycles. The van der Waals surface area contributed by atoms with Crippen LogP contribution in [0.2, 0.25) is 0 Å². The number of carboxylic acids is 1. The van der Waals surface area contributed by atoms with E-state index in [0.29, 0.717) is 6.26 Å². The lowest BCUT2D eigenvalue weighted by atomic mass is 10.3. The monoisotopic (exact) mass is 310 g/mol. The molecule has 0 unspecified atom stereocenters. The quantitative estimate of drug-likeness (QED) is 0.231. The minimum Gasteiger partial charge on any atom is -0.515 e. The molecule has 0 aliphatic carbocycles. The number of hydrogen-bond donors (Lipinski definition) is 2. The summed E-state index contributed by atoms with van der Waals surface area (Å²) in [5, 5.41) is 16.8. The molecule has 0 fully saturated rings. The molecule has 0 rings (SSSR count). The maximum atomic E-state index is 11.0. The van der Waals surface area contributed by atoms with Gasteiger partial charge in [-0.05, 0) is 6.08 Å². The first-order chi connectivity index (χ1) is 10.4. The highest BCUT2D eigenvalue weighted by molar-refractivity contribution is 5.93. The first-order valence-corrected chi connectivity index (χ1v) is 5.86. The van der Waals surface area contributed by atoms with Gasteiger partial charge in [0.2, 0.25) is 0 Å². The Kier molecular flexibility index (Phi) is 13.8. The van der Waals surface area contributed by atoms with Gasteiger partial charge in [0.25, 0.3) is 0 Å². The normalized spacial score (nSPS) is 9.91. The molecule has 0 aromatic carbocycles. The molecule has 0 spiro atoms. The van der Waals surface area contributed by atoms with Crippen molar-refractivity contribution in [1.29, 1.82) is 0 Å². The number of hydrogen-bond acceptors (Lipinski definition) is 6. The Labute approximate surface area is 128 Å². The van der Waals surface area contributed by atoms with Gasteiger partial charge in [0.15, 0.2) is 0 Å². The van der Waals surface area contributed by atoms with Crippen molar-refractivity contribution in [2.45, 2.75) is 0 Å². The minimum absolute atomic E-state index is 0.00289. The number of aliphatic hydroxyl groups is 1. The highest BCUT2D eigenvalue weighted by atomic mass is 16.5. The molecule has 0 saturated carbocycles. The molecular formula is C15H18O7. The predicted molar refractivity (Wildman–Crippen MR) is 80.0 cm³/mol. The van der Waals surface area contributed by atoms with Gasteiger partial charge in [-0.2, -0.15) is 0 Å². The van der Waals surface area contributed by atoms with E-state index >= 15 is 0 Å². The fraction of sp³-hybridized carbons (Fsp3) is 0.133. The van der Waals surface area contributed by atoms with E-state index in [4.69, 9.17) is 10.2 Å². The van der Waals surface area contributed by atoms with E-state index < -0.39 is 17.9 Å². The lowest BCUT2D eigenvalue weighted by molar-refractivity contribution is -0.138. The molecule has 0 aromatic rings. The van der Waals surface area contributed by atoms with Gasteiger partial charge in [0.1, 0.15) is 13.2 Å². The van der Waals surface area contributed by atoms with Crippen molar-refractivity contribution in [3.8, 4) is 0 Å². The average molecular weight is 310 g/mol. The Morgan fingerprint density at radius 1 is 0.955 bits per heavy atom. The van der Waals surface area contributed by atoms with Crippen molar-refractivity contribution >= 4 is 17.9 Å². The van der Waals surface area contributed by atoms with Gasteiger partial charge in [0.05, 0.1) is 11.8 Å². The number of aliphatic hydroxyl groups excluding tert-OH is 1. The summed E-state index contributed by atoms with van der Waals surface area (Å²) in [5.41, 5.74) is -0.241. The summed E-state index contributed by atoms with van der Waals surface area (Å²) in [6.07, 6.45) is 6.11. The number of carboxylic acid groups (broad SMARTS) is 1. The number of esters is 2. The van der Waals surface area contributed by atoms with Gasteiger partial charge < -0.3 is 19.7 Å². The maximum Gasteiger partial charge on any atom is 0.341 e. The molecule has 120 valence electrons. The van der Waals surface area contributed by atoms with E-state index in [0.717, 1.165) is 18.2 Å². The van der Waals surface area contributed by atoms with Gasteiger partial charge in [-0.3, -0.25) is 0 Å². The summed E-state index contributed by atoms with van der Waals surface area (Å²) in [7, 11) is 0. The first-order valence-electron chi connectivity index (χ1n) is 5.86. The van der Waals surface area contributed by atoms with Crippen molar-refractivity contribution in [2.75, 3.05) is 13.2 Å². The molecule has 0 heterocycles. The van der Waals surface area contributed by atoms with E-state index in [1.54, 1.807) is 0 Å². The van der Waals surface area contributed by atoms with Crippen molar-refractivity contribution in [3.05, 3.63) is 62.0 Å². The molecular weight excluding hydrogens is 292 g/mol. The van der Waals surface area contributed by atoms with Crippen LogP contribution in [0.3, 0.4) is 0 Å². The largest absolute Gasteiger partial charge is 0.515 e. The Morgan fingerprint density at radius 3 is 1.91 bits per heavy atom. The lowest BCUT2D eigenvalue weighted by Gasteiger charge is -1.99. The van der Waals surface area contributed by atoms with Gasteiger partial charge >= 0.3 is 17.9 Å². The molecule has 0 aliphatic heterocycles. The molecule has 2 N–H and O–H groups in total. The topological polar surface area (TPSA) is 110 Å². The van der Waals surface area contributed by atoms with Gasteiger partial charge in [0, 0.05) is 12.2 Å². The van der Waals surface area contributed by atoms with Crippen molar-refractivity contribution < 1.29 is 34.1 Å². The summed E-state index contributed by atoms with van der Waals surface area (Å²) in [6, 6.07) is 0. The van der Waals surface area contributed by atoms with Crippen LogP contribution in [0.15, 0.2) is 62.0 Å². The van der Waals surface area contributed by atoms with E-state index in [2.05, 4.69) is 29.2 Å². The molecule has 0 radical (unpaired) electrons. The molecule has 7 nitrogen and oxygen atoms in total. The number of aliphatic carboxylic acids is 1. The van der Waals surface area contributed by atoms with Crippen LogP contribution < -0.4 is 0 Å². The number of rotatable bonds is 8. The molecule has 0 saturated heterocycles. The highest BCUT2D eigenvalue weighted by Gasteiger charge is 2.07. The number of carbonyl (C=O) groups is 3. The standard InChI is InChI=1S/C9H10O5.C6H8O2/c1-2-5-14-9(13)7(6-10)3-4-8(11)12;1-3-5-8-6(7)4-2/h2-4,6,10H,1,5H2,(H,11,12);3-4H,1-2,5H2.